The lowest BCUT2D eigenvalue weighted by Crippen LogP contribution is -2.17. The van der Waals surface area contributed by atoms with E-state index in [9.17, 15) is 9.59 Å². The van der Waals surface area contributed by atoms with E-state index < -0.39 is 5.91 Å². The molecule has 0 saturated heterocycles. The van der Waals surface area contributed by atoms with Crippen LogP contribution in [0.5, 0.6) is 0 Å². The van der Waals surface area contributed by atoms with Crippen LogP contribution in [0.1, 0.15) is 27.6 Å². The first kappa shape index (κ1) is 14.1. The lowest BCUT2D eigenvalue weighted by atomic mass is 10.2. The van der Waals surface area contributed by atoms with Crippen molar-refractivity contribution in [3.63, 3.8) is 0 Å². The van der Waals surface area contributed by atoms with E-state index >= 15 is 0 Å². The molecule has 6 nitrogen and oxygen atoms in total. The van der Waals surface area contributed by atoms with Crippen molar-refractivity contribution in [2.45, 2.75) is 13.5 Å². The summed E-state index contributed by atoms with van der Waals surface area (Å²) in [6.45, 7) is 2.43. The van der Waals surface area contributed by atoms with Crippen molar-refractivity contribution in [2.24, 2.45) is 5.73 Å². The molecule has 0 bridgehead atoms. The molecule has 2 aromatic rings. The largest absolute Gasteiger partial charge is 0.365 e. The molecule has 104 valence electrons. The number of carbonyl (C=O) groups excluding carboxylic acids is 2. The summed E-state index contributed by atoms with van der Waals surface area (Å²) in [6, 6.07) is 6.38. The van der Waals surface area contributed by atoms with Crippen LogP contribution in [0, 0.1) is 0 Å². The van der Waals surface area contributed by atoms with Crippen molar-refractivity contribution >= 4 is 29.2 Å². The molecule has 0 saturated carbocycles. The fourth-order valence-corrected chi connectivity index (χ4v) is 1.76. The van der Waals surface area contributed by atoms with E-state index in [0.29, 0.717) is 17.1 Å². The Bertz CT molecular complexity index is 649. The van der Waals surface area contributed by atoms with E-state index in [1.165, 1.54) is 10.9 Å². The molecule has 0 fully saturated rings. The SMILES string of the molecule is CCn1cc(C(N)=O)c(NC(=O)c2ccc(Cl)cc2)n1. The van der Waals surface area contributed by atoms with Crippen LogP contribution in [0.25, 0.3) is 0 Å². The second kappa shape index (κ2) is 5.75. The summed E-state index contributed by atoms with van der Waals surface area (Å²) in [7, 11) is 0. The minimum atomic E-state index is -0.642. The number of nitrogens with two attached hydrogens (primary N) is 1. The number of hydrogen-bond donors (Lipinski definition) is 2. The molecule has 1 heterocycles. The second-order valence-corrected chi connectivity index (χ2v) is 4.51. The van der Waals surface area contributed by atoms with Gasteiger partial charge in [0.2, 0.25) is 0 Å². The summed E-state index contributed by atoms with van der Waals surface area (Å²) in [5.41, 5.74) is 5.84. The first-order chi connectivity index (χ1) is 9.51. The molecule has 7 heteroatoms. The highest BCUT2D eigenvalue weighted by Crippen LogP contribution is 2.15. The Labute approximate surface area is 120 Å². The van der Waals surface area contributed by atoms with Crippen molar-refractivity contribution in [1.82, 2.24) is 9.78 Å². The molecule has 1 aromatic carbocycles. The third-order valence-electron chi connectivity index (χ3n) is 2.69. The fraction of sp³-hybridized carbons (Fsp3) is 0.154. The average molecular weight is 293 g/mol. The Morgan fingerprint density at radius 2 is 2.00 bits per heavy atom. The van der Waals surface area contributed by atoms with Crippen LogP contribution in [0.3, 0.4) is 0 Å². The summed E-state index contributed by atoms with van der Waals surface area (Å²) in [5, 5.41) is 7.20. The van der Waals surface area contributed by atoms with E-state index in [-0.39, 0.29) is 17.3 Å². The Hall–Kier alpha value is -2.34. The number of anilines is 1. The summed E-state index contributed by atoms with van der Waals surface area (Å²) >= 11 is 5.76. The van der Waals surface area contributed by atoms with Gasteiger partial charge >= 0.3 is 0 Å². The van der Waals surface area contributed by atoms with Crippen molar-refractivity contribution in [1.29, 1.82) is 0 Å². The number of amides is 2. The minimum Gasteiger partial charge on any atom is -0.365 e. The first-order valence-electron chi connectivity index (χ1n) is 5.95. The van der Waals surface area contributed by atoms with E-state index in [2.05, 4.69) is 10.4 Å². The molecule has 0 aliphatic carbocycles. The third-order valence-corrected chi connectivity index (χ3v) is 2.94. The number of aromatic nitrogens is 2. The van der Waals surface area contributed by atoms with Gasteiger partial charge in [0.1, 0.15) is 5.56 Å². The summed E-state index contributed by atoms with van der Waals surface area (Å²) in [4.78, 5) is 23.4. The number of benzene rings is 1. The van der Waals surface area contributed by atoms with Gasteiger partial charge in [0, 0.05) is 23.3 Å². The standard InChI is InChI=1S/C13H13ClN4O2/c1-2-18-7-10(11(15)19)12(17-18)16-13(20)8-3-5-9(14)6-4-8/h3-7H,2H2,1H3,(H2,15,19)(H,16,17,20). The van der Waals surface area contributed by atoms with Gasteiger partial charge in [0.05, 0.1) is 0 Å². The predicted octanol–water partition coefficient (Wildman–Crippen LogP) is 1.91. The van der Waals surface area contributed by atoms with E-state index in [4.69, 9.17) is 17.3 Å². The molecule has 2 amide bonds. The molecule has 0 aliphatic rings. The topological polar surface area (TPSA) is 90.0 Å². The molecule has 0 radical (unpaired) electrons. The highest BCUT2D eigenvalue weighted by atomic mass is 35.5. The lowest BCUT2D eigenvalue weighted by molar-refractivity contribution is 0.100. The molecule has 3 N–H and O–H groups in total. The van der Waals surface area contributed by atoms with Crippen LogP contribution in [-0.2, 0) is 6.54 Å². The lowest BCUT2D eigenvalue weighted by Gasteiger charge is -2.03. The maximum Gasteiger partial charge on any atom is 0.256 e. The molecule has 20 heavy (non-hydrogen) atoms. The van der Waals surface area contributed by atoms with Gasteiger partial charge < -0.3 is 11.1 Å². The fourth-order valence-electron chi connectivity index (χ4n) is 1.64. The van der Waals surface area contributed by atoms with Crippen LogP contribution in [0.4, 0.5) is 5.82 Å². The van der Waals surface area contributed by atoms with Gasteiger partial charge in [-0.15, -0.1) is 0 Å². The van der Waals surface area contributed by atoms with Crippen molar-refractivity contribution in [3.8, 4) is 0 Å². The number of nitrogens with zero attached hydrogens (tertiary/aromatic N) is 2. The van der Waals surface area contributed by atoms with E-state index in [1.54, 1.807) is 24.3 Å². The molecule has 0 unspecified atom stereocenters. The van der Waals surface area contributed by atoms with Gasteiger partial charge in [0.25, 0.3) is 11.8 Å². The Morgan fingerprint density at radius 1 is 1.35 bits per heavy atom. The van der Waals surface area contributed by atoms with Crippen LogP contribution in [-0.4, -0.2) is 21.6 Å². The monoisotopic (exact) mass is 292 g/mol. The minimum absolute atomic E-state index is 0.152. The highest BCUT2D eigenvalue weighted by Gasteiger charge is 2.16. The first-order valence-corrected chi connectivity index (χ1v) is 6.33. The Morgan fingerprint density at radius 3 is 2.55 bits per heavy atom. The van der Waals surface area contributed by atoms with Crippen LogP contribution < -0.4 is 11.1 Å². The number of primary amides is 1. The van der Waals surface area contributed by atoms with Crippen LogP contribution in [0.15, 0.2) is 30.5 Å². The van der Waals surface area contributed by atoms with Gasteiger partial charge in [0.15, 0.2) is 5.82 Å². The van der Waals surface area contributed by atoms with Crippen molar-refractivity contribution < 1.29 is 9.59 Å². The molecule has 0 aliphatic heterocycles. The second-order valence-electron chi connectivity index (χ2n) is 4.07. The zero-order chi connectivity index (χ0) is 14.7. The number of rotatable bonds is 4. The van der Waals surface area contributed by atoms with E-state index in [1.807, 2.05) is 6.92 Å². The molecule has 0 spiro atoms. The maximum absolute atomic E-state index is 12.0. The summed E-state index contributed by atoms with van der Waals surface area (Å²) < 4.78 is 1.53. The number of hydrogen-bond acceptors (Lipinski definition) is 3. The number of halogens is 1. The Kier molecular flexibility index (Phi) is 4.05. The average Bonchev–Trinajstić information content (AvgIpc) is 2.82. The van der Waals surface area contributed by atoms with E-state index in [0.717, 1.165) is 0 Å². The predicted molar refractivity (Wildman–Crippen MR) is 75.8 cm³/mol. The zero-order valence-electron chi connectivity index (χ0n) is 10.8. The Balaban J connectivity index is 2.25. The molecular formula is C13H13ClN4O2. The molecule has 1 aromatic heterocycles. The van der Waals surface area contributed by atoms with Gasteiger partial charge in [-0.3, -0.25) is 14.3 Å². The number of carbonyl (C=O) groups is 2. The zero-order valence-corrected chi connectivity index (χ0v) is 11.5. The smallest absolute Gasteiger partial charge is 0.256 e. The molecule has 2 rings (SSSR count). The van der Waals surface area contributed by atoms with Crippen molar-refractivity contribution in [2.75, 3.05) is 5.32 Å². The van der Waals surface area contributed by atoms with Gasteiger partial charge in [-0.25, -0.2) is 0 Å². The third kappa shape index (κ3) is 2.97. The highest BCUT2D eigenvalue weighted by molar-refractivity contribution is 6.30. The van der Waals surface area contributed by atoms with Crippen LogP contribution in [0.2, 0.25) is 5.02 Å². The maximum atomic E-state index is 12.0. The molecule has 0 atom stereocenters. The molecular weight excluding hydrogens is 280 g/mol. The van der Waals surface area contributed by atoms with Gasteiger partial charge in [-0.2, -0.15) is 5.10 Å². The summed E-state index contributed by atoms with van der Waals surface area (Å²) in [5.74, 6) is -0.874. The van der Waals surface area contributed by atoms with Gasteiger partial charge in [-0.1, -0.05) is 11.6 Å². The van der Waals surface area contributed by atoms with Gasteiger partial charge in [-0.05, 0) is 31.2 Å². The quantitative estimate of drug-likeness (QED) is 0.902. The van der Waals surface area contributed by atoms with Crippen LogP contribution >= 0.6 is 11.6 Å². The normalized spacial score (nSPS) is 10.3. The number of aryl methyl sites for hydroxylation is 1. The summed E-state index contributed by atoms with van der Waals surface area (Å²) in [6.07, 6.45) is 1.50. The van der Waals surface area contributed by atoms with Crippen molar-refractivity contribution in [3.05, 3.63) is 46.6 Å². The number of nitrogens with one attached hydrogen (secondary N) is 1.